The van der Waals surface area contributed by atoms with Crippen LogP contribution in [0.1, 0.15) is 6.92 Å². The Morgan fingerprint density at radius 2 is 2.20 bits per heavy atom. The molecule has 0 saturated carbocycles. The largest absolute Gasteiger partial charge is 0.461 e. The van der Waals surface area contributed by atoms with Gasteiger partial charge in [0.15, 0.2) is 0 Å². The van der Waals surface area contributed by atoms with Crippen molar-refractivity contribution in [3.05, 3.63) is 0 Å². The van der Waals surface area contributed by atoms with Gasteiger partial charge < -0.3 is 14.6 Å². The molecule has 0 saturated heterocycles. The number of rotatable bonds is 4. The number of hydrogen-bond donors (Lipinski definition) is 1. The summed E-state index contributed by atoms with van der Waals surface area (Å²) in [6.45, 7) is 1.91. The first-order chi connectivity index (χ1) is 4.68. The van der Waals surface area contributed by atoms with Crippen LogP contribution in [0.25, 0.3) is 0 Å². The zero-order valence-electron chi connectivity index (χ0n) is 6.16. The summed E-state index contributed by atoms with van der Waals surface area (Å²) < 4.78 is 9.14. The molecule has 4 nitrogen and oxygen atoms in total. The van der Waals surface area contributed by atoms with Crippen LogP contribution in [0.2, 0.25) is 0 Å². The van der Waals surface area contributed by atoms with Gasteiger partial charge in [-0.1, -0.05) is 0 Å². The predicted molar refractivity (Wildman–Crippen MR) is 34.5 cm³/mol. The van der Waals surface area contributed by atoms with Gasteiger partial charge in [0.05, 0.1) is 6.61 Å². The van der Waals surface area contributed by atoms with Gasteiger partial charge in [-0.05, 0) is 6.92 Å². The number of ether oxygens (including phenoxy) is 2. The standard InChI is InChI=1S/C6H12O4/c1-5(7)6(8)10-4-3-9-2/h5,7H,3-4H2,1-2H3. The van der Waals surface area contributed by atoms with Gasteiger partial charge in [-0.25, -0.2) is 4.79 Å². The van der Waals surface area contributed by atoms with E-state index in [2.05, 4.69) is 9.47 Å². The fourth-order valence-electron chi connectivity index (χ4n) is 0.346. The maximum atomic E-state index is 10.5. The lowest BCUT2D eigenvalue weighted by atomic mass is 10.4. The van der Waals surface area contributed by atoms with Gasteiger partial charge in [-0.3, -0.25) is 0 Å². The first-order valence-corrected chi connectivity index (χ1v) is 3.02. The van der Waals surface area contributed by atoms with E-state index < -0.39 is 12.1 Å². The second-order valence-corrected chi connectivity index (χ2v) is 1.84. The molecule has 0 heterocycles. The maximum absolute atomic E-state index is 10.5. The Bertz CT molecular complexity index is 99.9. The van der Waals surface area contributed by atoms with Crippen LogP contribution in [-0.2, 0) is 14.3 Å². The Kier molecular flexibility index (Phi) is 4.88. The summed E-state index contributed by atoms with van der Waals surface area (Å²) in [6, 6.07) is 0. The van der Waals surface area contributed by atoms with Crippen molar-refractivity contribution in [2.45, 2.75) is 13.0 Å². The number of esters is 1. The number of methoxy groups -OCH3 is 1. The van der Waals surface area contributed by atoms with E-state index in [0.29, 0.717) is 6.61 Å². The molecule has 1 unspecified atom stereocenters. The summed E-state index contributed by atoms with van der Waals surface area (Å²) in [5.74, 6) is -0.614. The molecule has 10 heavy (non-hydrogen) atoms. The summed E-state index contributed by atoms with van der Waals surface area (Å²) in [6.07, 6.45) is -1.04. The minimum Gasteiger partial charge on any atom is -0.461 e. The van der Waals surface area contributed by atoms with Crippen LogP contribution < -0.4 is 0 Å². The topological polar surface area (TPSA) is 55.8 Å². The van der Waals surface area contributed by atoms with Crippen LogP contribution in [0.15, 0.2) is 0 Å². The van der Waals surface area contributed by atoms with E-state index >= 15 is 0 Å². The number of hydrogen-bond acceptors (Lipinski definition) is 4. The molecule has 1 atom stereocenters. The molecule has 4 heteroatoms. The molecule has 0 aliphatic carbocycles. The highest BCUT2D eigenvalue weighted by Crippen LogP contribution is 1.85. The molecule has 0 radical (unpaired) electrons. The molecule has 0 aromatic carbocycles. The Hall–Kier alpha value is -0.610. The van der Waals surface area contributed by atoms with E-state index in [1.807, 2.05) is 0 Å². The average Bonchev–Trinajstić information content (AvgIpc) is 1.88. The van der Waals surface area contributed by atoms with Crippen LogP contribution in [0.5, 0.6) is 0 Å². The normalized spacial score (nSPS) is 12.7. The Morgan fingerprint density at radius 1 is 1.60 bits per heavy atom. The minimum absolute atomic E-state index is 0.195. The minimum atomic E-state index is -1.04. The average molecular weight is 148 g/mol. The predicted octanol–water partition coefficient (Wildman–Crippen LogP) is -0.443. The fourth-order valence-corrected chi connectivity index (χ4v) is 0.346. The van der Waals surface area contributed by atoms with Crippen molar-refractivity contribution >= 4 is 5.97 Å². The molecule has 0 amide bonds. The fraction of sp³-hybridized carbons (Fsp3) is 0.833. The van der Waals surface area contributed by atoms with Gasteiger partial charge >= 0.3 is 5.97 Å². The third-order valence-corrected chi connectivity index (χ3v) is 0.873. The summed E-state index contributed by atoms with van der Waals surface area (Å²) in [5, 5.41) is 8.60. The van der Waals surface area contributed by atoms with Gasteiger partial charge in [0.1, 0.15) is 12.7 Å². The van der Waals surface area contributed by atoms with Crippen molar-refractivity contribution in [1.82, 2.24) is 0 Å². The van der Waals surface area contributed by atoms with E-state index in [9.17, 15) is 4.79 Å². The van der Waals surface area contributed by atoms with Gasteiger partial charge in [0, 0.05) is 7.11 Å². The van der Waals surface area contributed by atoms with Gasteiger partial charge in [-0.15, -0.1) is 0 Å². The van der Waals surface area contributed by atoms with Crippen LogP contribution in [-0.4, -0.2) is 37.5 Å². The summed E-state index contributed by atoms with van der Waals surface area (Å²) >= 11 is 0. The van der Waals surface area contributed by atoms with Crippen molar-refractivity contribution in [2.75, 3.05) is 20.3 Å². The van der Waals surface area contributed by atoms with Crippen LogP contribution in [0.3, 0.4) is 0 Å². The summed E-state index contributed by atoms with van der Waals surface area (Å²) in [5.41, 5.74) is 0. The van der Waals surface area contributed by atoms with E-state index in [1.165, 1.54) is 14.0 Å². The van der Waals surface area contributed by atoms with Crippen LogP contribution >= 0.6 is 0 Å². The number of aliphatic hydroxyl groups excluding tert-OH is 1. The van der Waals surface area contributed by atoms with E-state index in [1.54, 1.807) is 0 Å². The van der Waals surface area contributed by atoms with Crippen molar-refractivity contribution in [1.29, 1.82) is 0 Å². The highest BCUT2D eigenvalue weighted by molar-refractivity contribution is 5.73. The molecule has 0 aromatic rings. The molecule has 0 rings (SSSR count). The molecule has 0 aromatic heterocycles. The van der Waals surface area contributed by atoms with Crippen molar-refractivity contribution in [2.24, 2.45) is 0 Å². The quantitative estimate of drug-likeness (QED) is 0.433. The van der Waals surface area contributed by atoms with Gasteiger partial charge in [0.25, 0.3) is 0 Å². The molecule has 0 aliphatic rings. The molecule has 0 spiro atoms. The lowest BCUT2D eigenvalue weighted by molar-refractivity contribution is -0.153. The molecule has 0 aliphatic heterocycles. The molecule has 1 N–H and O–H groups in total. The van der Waals surface area contributed by atoms with Crippen LogP contribution in [0.4, 0.5) is 0 Å². The first-order valence-electron chi connectivity index (χ1n) is 3.02. The molecule has 0 fully saturated rings. The van der Waals surface area contributed by atoms with Gasteiger partial charge in [-0.2, -0.15) is 0 Å². The lowest BCUT2D eigenvalue weighted by Crippen LogP contribution is -2.21. The lowest BCUT2D eigenvalue weighted by Gasteiger charge is -2.04. The first kappa shape index (κ1) is 9.39. The monoisotopic (exact) mass is 148 g/mol. The Labute approximate surface area is 59.7 Å². The SMILES string of the molecule is COCCOC(=O)C(C)O. The number of aliphatic hydroxyl groups is 1. The summed E-state index contributed by atoms with van der Waals surface area (Å²) in [4.78, 5) is 10.5. The molecular formula is C6H12O4. The molecular weight excluding hydrogens is 136 g/mol. The molecule has 60 valence electrons. The van der Waals surface area contributed by atoms with E-state index in [-0.39, 0.29) is 6.61 Å². The summed E-state index contributed by atoms with van der Waals surface area (Å²) in [7, 11) is 1.51. The third-order valence-electron chi connectivity index (χ3n) is 0.873. The van der Waals surface area contributed by atoms with E-state index in [0.717, 1.165) is 0 Å². The smallest absolute Gasteiger partial charge is 0.334 e. The van der Waals surface area contributed by atoms with Crippen molar-refractivity contribution in [3.63, 3.8) is 0 Å². The molecule has 0 bridgehead atoms. The zero-order valence-corrected chi connectivity index (χ0v) is 6.16. The Balaban J connectivity index is 3.22. The number of carbonyl (C=O) groups is 1. The highest BCUT2D eigenvalue weighted by atomic mass is 16.6. The highest BCUT2D eigenvalue weighted by Gasteiger charge is 2.08. The van der Waals surface area contributed by atoms with E-state index in [4.69, 9.17) is 5.11 Å². The van der Waals surface area contributed by atoms with Crippen molar-refractivity contribution < 1.29 is 19.4 Å². The maximum Gasteiger partial charge on any atom is 0.334 e. The number of carbonyl (C=O) groups excluding carboxylic acids is 1. The zero-order chi connectivity index (χ0) is 7.98. The van der Waals surface area contributed by atoms with Gasteiger partial charge in [0.2, 0.25) is 0 Å². The second kappa shape index (κ2) is 5.20. The van der Waals surface area contributed by atoms with Crippen molar-refractivity contribution in [3.8, 4) is 0 Å². The second-order valence-electron chi connectivity index (χ2n) is 1.84. The van der Waals surface area contributed by atoms with Crippen LogP contribution in [0, 0.1) is 0 Å². The third kappa shape index (κ3) is 4.29. The Morgan fingerprint density at radius 3 is 2.60 bits per heavy atom.